The Bertz CT molecular complexity index is 235. The fraction of sp³-hybridized carbons (Fsp3) is 1.00. The summed E-state index contributed by atoms with van der Waals surface area (Å²) in [6, 6.07) is 0. The van der Waals surface area contributed by atoms with Gasteiger partial charge in [0.05, 0.1) is 18.4 Å². The van der Waals surface area contributed by atoms with Gasteiger partial charge in [0.1, 0.15) is 6.79 Å². The average molecular weight is 211 g/mol. The Balaban J connectivity index is 3.94. The molecule has 0 rings (SSSR count). The van der Waals surface area contributed by atoms with Crippen LogP contribution in [-0.4, -0.2) is 40.7 Å². The van der Waals surface area contributed by atoms with Gasteiger partial charge in [-0.15, -0.1) is 0 Å². The summed E-state index contributed by atoms with van der Waals surface area (Å²) in [4.78, 5) is 0. The van der Waals surface area contributed by atoms with Crippen LogP contribution in [0.25, 0.3) is 0 Å². The number of nitrogens with one attached hydrogen (secondary N) is 1. The molecular formula is C7H17NO4S. The molecule has 0 fully saturated rings. The van der Waals surface area contributed by atoms with Gasteiger partial charge in [-0.3, -0.25) is 0 Å². The van der Waals surface area contributed by atoms with Crippen molar-refractivity contribution in [3.8, 4) is 0 Å². The molecule has 0 aromatic carbocycles. The van der Waals surface area contributed by atoms with E-state index in [1.807, 2.05) is 0 Å². The van der Waals surface area contributed by atoms with Crippen molar-refractivity contribution in [2.75, 3.05) is 26.8 Å². The maximum absolute atomic E-state index is 10.9. The zero-order valence-corrected chi connectivity index (χ0v) is 9.27. The number of hydrogen-bond donors (Lipinski definition) is 1. The Kier molecular flexibility index (Phi) is 4.83. The molecule has 0 spiro atoms. The van der Waals surface area contributed by atoms with Gasteiger partial charge in [-0.05, 0) is 13.8 Å². The van der Waals surface area contributed by atoms with Crippen LogP contribution < -0.4 is 4.72 Å². The Morgan fingerprint density at radius 3 is 2.31 bits per heavy atom. The van der Waals surface area contributed by atoms with Crippen molar-refractivity contribution in [2.45, 2.75) is 19.4 Å². The van der Waals surface area contributed by atoms with Crippen LogP contribution in [0.3, 0.4) is 0 Å². The van der Waals surface area contributed by atoms with Crippen LogP contribution in [0.5, 0.6) is 0 Å². The van der Waals surface area contributed by atoms with Gasteiger partial charge in [-0.25, -0.2) is 13.1 Å². The Hall–Kier alpha value is -0.170. The normalized spacial score (nSPS) is 13.2. The topological polar surface area (TPSA) is 64.6 Å². The minimum absolute atomic E-state index is 0.162. The van der Waals surface area contributed by atoms with Crippen LogP contribution in [0.4, 0.5) is 0 Å². The first-order valence-electron chi connectivity index (χ1n) is 3.82. The predicted molar refractivity (Wildman–Crippen MR) is 49.9 cm³/mol. The van der Waals surface area contributed by atoms with Gasteiger partial charge in [0.15, 0.2) is 0 Å². The van der Waals surface area contributed by atoms with E-state index in [-0.39, 0.29) is 13.4 Å². The molecule has 1 N–H and O–H groups in total. The monoisotopic (exact) mass is 211 g/mol. The zero-order valence-electron chi connectivity index (χ0n) is 8.46. The molecule has 0 bridgehead atoms. The van der Waals surface area contributed by atoms with Crippen molar-refractivity contribution in [3.05, 3.63) is 0 Å². The highest BCUT2D eigenvalue weighted by Gasteiger charge is 2.21. The summed E-state index contributed by atoms with van der Waals surface area (Å²) in [5.41, 5.74) is -0.605. The van der Waals surface area contributed by atoms with Crippen LogP contribution in [0.2, 0.25) is 0 Å². The third kappa shape index (κ3) is 8.17. The second-order valence-corrected chi connectivity index (χ2v) is 5.26. The maximum Gasteiger partial charge on any atom is 0.209 e. The average Bonchev–Trinajstić information content (AvgIpc) is 1.81. The molecule has 0 unspecified atom stereocenters. The van der Waals surface area contributed by atoms with E-state index >= 15 is 0 Å². The van der Waals surface area contributed by atoms with Crippen LogP contribution in [0.1, 0.15) is 13.8 Å². The van der Waals surface area contributed by atoms with Crippen molar-refractivity contribution in [1.29, 1.82) is 0 Å². The van der Waals surface area contributed by atoms with Crippen molar-refractivity contribution < 1.29 is 17.9 Å². The molecular weight excluding hydrogens is 194 g/mol. The van der Waals surface area contributed by atoms with Gasteiger partial charge < -0.3 is 9.47 Å². The highest BCUT2D eigenvalue weighted by Crippen LogP contribution is 2.04. The number of sulfonamides is 1. The molecule has 0 atom stereocenters. The van der Waals surface area contributed by atoms with Crippen molar-refractivity contribution >= 4 is 10.0 Å². The van der Waals surface area contributed by atoms with E-state index in [0.717, 1.165) is 6.26 Å². The summed E-state index contributed by atoms with van der Waals surface area (Å²) in [7, 11) is -1.68. The summed E-state index contributed by atoms with van der Waals surface area (Å²) in [5, 5.41) is 0. The minimum atomic E-state index is -3.19. The van der Waals surface area contributed by atoms with Gasteiger partial charge in [0.25, 0.3) is 0 Å². The zero-order chi connectivity index (χ0) is 10.5. The Morgan fingerprint density at radius 2 is 1.92 bits per heavy atom. The summed E-state index contributed by atoms with van der Waals surface area (Å²) in [6.07, 6.45) is 1.12. The highest BCUT2D eigenvalue weighted by atomic mass is 32.2. The second kappa shape index (κ2) is 4.90. The highest BCUT2D eigenvalue weighted by molar-refractivity contribution is 7.88. The molecule has 0 aromatic rings. The third-order valence-electron chi connectivity index (χ3n) is 1.13. The van der Waals surface area contributed by atoms with Crippen molar-refractivity contribution in [3.63, 3.8) is 0 Å². The summed E-state index contributed by atoms with van der Waals surface area (Å²) >= 11 is 0. The molecule has 0 aliphatic rings. The van der Waals surface area contributed by atoms with Crippen molar-refractivity contribution in [1.82, 2.24) is 4.72 Å². The fourth-order valence-electron chi connectivity index (χ4n) is 0.912. The van der Waals surface area contributed by atoms with Gasteiger partial charge in [0.2, 0.25) is 10.0 Å². The second-order valence-electron chi connectivity index (χ2n) is 3.51. The van der Waals surface area contributed by atoms with E-state index in [1.54, 1.807) is 13.8 Å². The van der Waals surface area contributed by atoms with Crippen LogP contribution >= 0.6 is 0 Å². The standard InChI is InChI=1S/C7H17NO4S/c1-7(2,5-12-6-11-3)8-13(4,9)10/h8H,5-6H2,1-4H3. The van der Waals surface area contributed by atoms with Gasteiger partial charge in [-0.2, -0.15) is 0 Å². The van der Waals surface area contributed by atoms with Crippen LogP contribution in [-0.2, 0) is 19.5 Å². The lowest BCUT2D eigenvalue weighted by molar-refractivity contribution is -0.0458. The lowest BCUT2D eigenvalue weighted by atomic mass is 10.1. The Morgan fingerprint density at radius 1 is 1.38 bits per heavy atom. The third-order valence-corrected chi connectivity index (χ3v) is 2.05. The number of rotatable bonds is 6. The molecule has 13 heavy (non-hydrogen) atoms. The van der Waals surface area contributed by atoms with Crippen molar-refractivity contribution in [2.24, 2.45) is 0 Å². The Labute approximate surface area is 79.5 Å². The predicted octanol–water partition coefficient (Wildman–Crippen LogP) is -0.0653. The lowest BCUT2D eigenvalue weighted by Gasteiger charge is -2.24. The molecule has 0 aliphatic carbocycles. The van der Waals surface area contributed by atoms with Gasteiger partial charge >= 0.3 is 0 Å². The number of methoxy groups -OCH3 is 1. The molecule has 5 nitrogen and oxygen atoms in total. The molecule has 0 radical (unpaired) electrons. The largest absolute Gasteiger partial charge is 0.359 e. The lowest BCUT2D eigenvalue weighted by Crippen LogP contribution is -2.46. The first-order valence-corrected chi connectivity index (χ1v) is 5.71. The molecule has 80 valence electrons. The SMILES string of the molecule is COCOCC(C)(C)NS(C)(=O)=O. The first-order chi connectivity index (χ1) is 5.77. The number of ether oxygens (including phenoxy) is 2. The van der Waals surface area contributed by atoms with E-state index in [0.29, 0.717) is 0 Å². The maximum atomic E-state index is 10.9. The van der Waals surface area contributed by atoms with Crippen LogP contribution in [0.15, 0.2) is 0 Å². The fourth-order valence-corrected chi connectivity index (χ4v) is 1.97. The smallest absolute Gasteiger partial charge is 0.209 e. The summed E-state index contributed by atoms with van der Waals surface area (Å²) < 4.78 is 33.9. The first kappa shape index (κ1) is 12.8. The van der Waals surface area contributed by atoms with E-state index in [9.17, 15) is 8.42 Å². The molecule has 0 saturated heterocycles. The molecule has 0 aromatic heterocycles. The minimum Gasteiger partial charge on any atom is -0.359 e. The number of hydrogen-bond acceptors (Lipinski definition) is 4. The molecule has 0 saturated carbocycles. The van der Waals surface area contributed by atoms with E-state index in [2.05, 4.69) is 9.46 Å². The van der Waals surface area contributed by atoms with E-state index in [4.69, 9.17) is 4.74 Å². The quantitative estimate of drug-likeness (QED) is 0.493. The van der Waals surface area contributed by atoms with E-state index in [1.165, 1.54) is 7.11 Å². The molecule has 6 heteroatoms. The molecule has 0 amide bonds. The summed E-state index contributed by atoms with van der Waals surface area (Å²) in [6.45, 7) is 3.91. The van der Waals surface area contributed by atoms with Crippen LogP contribution in [0, 0.1) is 0 Å². The van der Waals surface area contributed by atoms with Gasteiger partial charge in [0, 0.05) is 7.11 Å². The molecule has 0 heterocycles. The van der Waals surface area contributed by atoms with Gasteiger partial charge in [-0.1, -0.05) is 0 Å². The summed E-state index contributed by atoms with van der Waals surface area (Å²) in [5.74, 6) is 0. The van der Waals surface area contributed by atoms with E-state index < -0.39 is 15.6 Å². The molecule has 0 aliphatic heterocycles.